The standard InChI is InChI=1S/C28H33N3O3/c1-22(28(32)29-27-11-7-6-10-26(27)23-8-4-3-5-9-23)31-18-16-30(17-19-31)20-21-34-25-14-12-24(33-2)13-15-25/h3-15,22H,16-21H2,1-2H3,(H,29,32)/t22-/m0/s1. The summed E-state index contributed by atoms with van der Waals surface area (Å²) in [6.07, 6.45) is 0. The number of nitrogens with one attached hydrogen (secondary N) is 1. The zero-order chi connectivity index (χ0) is 23.8. The maximum Gasteiger partial charge on any atom is 0.241 e. The summed E-state index contributed by atoms with van der Waals surface area (Å²) in [5.74, 6) is 1.70. The number of amides is 1. The topological polar surface area (TPSA) is 54.0 Å². The minimum atomic E-state index is -0.193. The molecule has 1 aliphatic rings. The van der Waals surface area contributed by atoms with Crippen molar-refractivity contribution in [1.82, 2.24) is 9.80 Å². The number of ether oxygens (including phenoxy) is 2. The summed E-state index contributed by atoms with van der Waals surface area (Å²) in [6.45, 7) is 7.05. The Morgan fingerprint density at radius 1 is 0.882 bits per heavy atom. The second-order valence-corrected chi connectivity index (χ2v) is 8.48. The second kappa shape index (κ2) is 11.7. The molecule has 1 N–H and O–H groups in total. The van der Waals surface area contributed by atoms with Crippen LogP contribution in [0.3, 0.4) is 0 Å². The van der Waals surface area contributed by atoms with Gasteiger partial charge in [-0.1, -0.05) is 48.5 Å². The van der Waals surface area contributed by atoms with Crippen LogP contribution in [0, 0.1) is 0 Å². The van der Waals surface area contributed by atoms with Crippen molar-refractivity contribution < 1.29 is 14.3 Å². The molecule has 0 spiro atoms. The number of carbonyl (C=O) groups excluding carboxylic acids is 1. The van der Waals surface area contributed by atoms with Gasteiger partial charge in [-0.25, -0.2) is 0 Å². The van der Waals surface area contributed by atoms with Gasteiger partial charge in [0.2, 0.25) is 5.91 Å². The van der Waals surface area contributed by atoms with Gasteiger partial charge in [0.05, 0.1) is 13.2 Å². The van der Waals surface area contributed by atoms with E-state index >= 15 is 0 Å². The number of para-hydroxylation sites is 1. The van der Waals surface area contributed by atoms with E-state index < -0.39 is 0 Å². The smallest absolute Gasteiger partial charge is 0.241 e. The molecule has 0 saturated carbocycles. The fraction of sp³-hybridized carbons (Fsp3) is 0.321. The van der Waals surface area contributed by atoms with Gasteiger partial charge in [0.25, 0.3) is 0 Å². The molecule has 6 nitrogen and oxygen atoms in total. The van der Waals surface area contributed by atoms with Crippen molar-refractivity contribution in [3.63, 3.8) is 0 Å². The number of methoxy groups -OCH3 is 1. The van der Waals surface area contributed by atoms with Crippen molar-refractivity contribution >= 4 is 11.6 Å². The molecule has 0 radical (unpaired) electrons. The highest BCUT2D eigenvalue weighted by atomic mass is 16.5. The van der Waals surface area contributed by atoms with E-state index in [-0.39, 0.29) is 11.9 Å². The van der Waals surface area contributed by atoms with Crippen molar-refractivity contribution in [2.45, 2.75) is 13.0 Å². The summed E-state index contributed by atoms with van der Waals surface area (Å²) >= 11 is 0. The fourth-order valence-electron chi connectivity index (χ4n) is 4.20. The molecule has 1 amide bonds. The maximum absolute atomic E-state index is 13.1. The van der Waals surface area contributed by atoms with Crippen molar-refractivity contribution in [2.75, 3.05) is 51.8 Å². The van der Waals surface area contributed by atoms with E-state index in [1.165, 1.54) is 0 Å². The van der Waals surface area contributed by atoms with Gasteiger partial charge < -0.3 is 14.8 Å². The maximum atomic E-state index is 13.1. The number of anilines is 1. The van der Waals surface area contributed by atoms with Crippen LogP contribution in [-0.4, -0.2) is 68.2 Å². The summed E-state index contributed by atoms with van der Waals surface area (Å²) in [6, 6.07) is 25.6. The number of hydrogen-bond donors (Lipinski definition) is 1. The average Bonchev–Trinajstić information content (AvgIpc) is 2.90. The van der Waals surface area contributed by atoms with Crippen molar-refractivity contribution in [1.29, 1.82) is 0 Å². The zero-order valence-electron chi connectivity index (χ0n) is 19.9. The first-order valence-electron chi connectivity index (χ1n) is 11.8. The second-order valence-electron chi connectivity index (χ2n) is 8.48. The van der Waals surface area contributed by atoms with Crippen molar-refractivity contribution in [3.8, 4) is 22.6 Å². The first-order chi connectivity index (χ1) is 16.6. The van der Waals surface area contributed by atoms with Crippen LogP contribution in [0.5, 0.6) is 11.5 Å². The van der Waals surface area contributed by atoms with Crippen LogP contribution in [0.1, 0.15) is 6.92 Å². The van der Waals surface area contributed by atoms with Crippen molar-refractivity contribution in [3.05, 3.63) is 78.9 Å². The quantitative estimate of drug-likeness (QED) is 0.515. The number of benzene rings is 3. The largest absolute Gasteiger partial charge is 0.497 e. The van der Waals surface area contributed by atoms with E-state index in [0.29, 0.717) is 6.61 Å². The number of carbonyl (C=O) groups is 1. The van der Waals surface area contributed by atoms with Crippen LogP contribution >= 0.6 is 0 Å². The molecule has 1 saturated heterocycles. The van der Waals surface area contributed by atoms with Crippen LogP contribution in [0.25, 0.3) is 11.1 Å². The predicted molar refractivity (Wildman–Crippen MR) is 136 cm³/mol. The highest BCUT2D eigenvalue weighted by Gasteiger charge is 2.26. The van der Waals surface area contributed by atoms with Gasteiger partial charge in [-0.05, 0) is 42.8 Å². The molecule has 0 aromatic heterocycles. The SMILES string of the molecule is COc1ccc(OCCN2CCN([C@@H](C)C(=O)Nc3ccccc3-c3ccccc3)CC2)cc1. The zero-order valence-corrected chi connectivity index (χ0v) is 19.9. The van der Waals surface area contributed by atoms with Crippen LogP contribution in [0.2, 0.25) is 0 Å². The Bertz CT molecular complexity index is 1050. The number of hydrogen-bond acceptors (Lipinski definition) is 5. The Hall–Kier alpha value is -3.35. The minimum absolute atomic E-state index is 0.0275. The Balaban J connectivity index is 1.24. The van der Waals surface area contributed by atoms with Crippen LogP contribution in [0.4, 0.5) is 5.69 Å². The molecular weight excluding hydrogens is 426 g/mol. The van der Waals surface area contributed by atoms with E-state index in [2.05, 4.69) is 27.2 Å². The number of rotatable bonds is 9. The van der Waals surface area contributed by atoms with Gasteiger partial charge in [0, 0.05) is 44.0 Å². The first-order valence-corrected chi connectivity index (χ1v) is 11.8. The molecule has 1 atom stereocenters. The van der Waals surface area contributed by atoms with Crippen molar-refractivity contribution in [2.24, 2.45) is 0 Å². The van der Waals surface area contributed by atoms with Gasteiger partial charge >= 0.3 is 0 Å². The highest BCUT2D eigenvalue weighted by molar-refractivity contribution is 5.98. The van der Waals surface area contributed by atoms with E-state index in [0.717, 1.165) is 61.0 Å². The van der Waals surface area contributed by atoms with Crippen LogP contribution in [-0.2, 0) is 4.79 Å². The molecule has 1 heterocycles. The third kappa shape index (κ3) is 6.16. The molecule has 1 aliphatic heterocycles. The third-order valence-electron chi connectivity index (χ3n) is 6.34. The molecule has 1 fully saturated rings. The molecule has 178 valence electrons. The van der Waals surface area contributed by atoms with Gasteiger partial charge in [-0.15, -0.1) is 0 Å². The van der Waals surface area contributed by atoms with Gasteiger partial charge in [0.15, 0.2) is 0 Å². The third-order valence-corrected chi connectivity index (χ3v) is 6.34. The number of piperazine rings is 1. The van der Waals surface area contributed by atoms with Crippen LogP contribution in [0.15, 0.2) is 78.9 Å². The van der Waals surface area contributed by atoms with Crippen LogP contribution < -0.4 is 14.8 Å². The Labute approximate surface area is 202 Å². The molecule has 0 unspecified atom stereocenters. The summed E-state index contributed by atoms with van der Waals surface area (Å²) in [5, 5.41) is 3.15. The molecule has 6 heteroatoms. The molecule has 3 aromatic carbocycles. The summed E-state index contributed by atoms with van der Waals surface area (Å²) < 4.78 is 11.0. The minimum Gasteiger partial charge on any atom is -0.497 e. The molecule has 34 heavy (non-hydrogen) atoms. The lowest BCUT2D eigenvalue weighted by atomic mass is 10.0. The normalized spacial score (nSPS) is 15.5. The highest BCUT2D eigenvalue weighted by Crippen LogP contribution is 2.28. The van der Waals surface area contributed by atoms with E-state index in [9.17, 15) is 4.79 Å². The first kappa shape index (κ1) is 23.8. The average molecular weight is 460 g/mol. The number of nitrogens with zero attached hydrogens (tertiary/aromatic N) is 2. The summed E-state index contributed by atoms with van der Waals surface area (Å²) in [4.78, 5) is 17.7. The molecule has 3 aromatic rings. The van der Waals surface area contributed by atoms with Gasteiger partial charge in [-0.3, -0.25) is 14.6 Å². The lowest BCUT2D eigenvalue weighted by Gasteiger charge is -2.37. The van der Waals surface area contributed by atoms with E-state index in [4.69, 9.17) is 9.47 Å². The molecular formula is C28H33N3O3. The Kier molecular flexibility index (Phi) is 8.17. The van der Waals surface area contributed by atoms with Gasteiger partial charge in [0.1, 0.15) is 18.1 Å². The Morgan fingerprint density at radius 3 is 2.24 bits per heavy atom. The fourth-order valence-corrected chi connectivity index (χ4v) is 4.20. The van der Waals surface area contributed by atoms with E-state index in [1.54, 1.807) is 7.11 Å². The van der Waals surface area contributed by atoms with Gasteiger partial charge in [-0.2, -0.15) is 0 Å². The Morgan fingerprint density at radius 2 is 1.53 bits per heavy atom. The predicted octanol–water partition coefficient (Wildman–Crippen LogP) is 4.39. The summed E-state index contributed by atoms with van der Waals surface area (Å²) in [7, 11) is 1.66. The monoisotopic (exact) mass is 459 g/mol. The lowest BCUT2D eigenvalue weighted by molar-refractivity contribution is -0.121. The molecule has 0 bridgehead atoms. The lowest BCUT2D eigenvalue weighted by Crippen LogP contribution is -2.53. The summed E-state index contributed by atoms with van der Waals surface area (Å²) in [5.41, 5.74) is 2.97. The molecule has 0 aliphatic carbocycles. The van der Waals surface area contributed by atoms with E-state index in [1.807, 2.05) is 73.7 Å². The molecule has 4 rings (SSSR count).